The van der Waals surface area contributed by atoms with Crippen molar-refractivity contribution in [1.82, 2.24) is 4.90 Å². The first-order chi connectivity index (χ1) is 9.04. The van der Waals surface area contributed by atoms with Gasteiger partial charge < -0.3 is 10.5 Å². The molecule has 106 valence electrons. The Labute approximate surface area is 124 Å². The lowest BCUT2D eigenvalue weighted by Gasteiger charge is -2.43. The van der Waals surface area contributed by atoms with Crippen LogP contribution in [0, 0.1) is 0 Å². The number of likely N-dealkylation sites (tertiary alicyclic amines) is 1. The van der Waals surface area contributed by atoms with Crippen molar-refractivity contribution in [3.05, 3.63) is 28.2 Å². The van der Waals surface area contributed by atoms with Crippen molar-refractivity contribution in [1.29, 1.82) is 0 Å². The molecule has 1 fully saturated rings. The molecule has 0 aromatic heterocycles. The molecule has 1 aliphatic rings. The van der Waals surface area contributed by atoms with Crippen molar-refractivity contribution in [3.8, 4) is 5.75 Å². The Balaban J connectivity index is 2.40. The van der Waals surface area contributed by atoms with Crippen LogP contribution in [0.1, 0.15) is 38.3 Å². The van der Waals surface area contributed by atoms with E-state index < -0.39 is 0 Å². The van der Waals surface area contributed by atoms with Gasteiger partial charge in [0.25, 0.3) is 0 Å². The predicted molar refractivity (Wildman–Crippen MR) is 82.5 cm³/mol. The third-order valence-electron chi connectivity index (χ3n) is 3.90. The maximum Gasteiger partial charge on any atom is 0.119 e. The van der Waals surface area contributed by atoms with Crippen LogP contribution in [0.3, 0.4) is 0 Å². The van der Waals surface area contributed by atoms with Crippen molar-refractivity contribution >= 4 is 15.9 Å². The van der Waals surface area contributed by atoms with Gasteiger partial charge in [-0.25, -0.2) is 0 Å². The molecule has 19 heavy (non-hydrogen) atoms. The van der Waals surface area contributed by atoms with E-state index in [4.69, 9.17) is 10.5 Å². The Kier molecular flexibility index (Phi) is 4.87. The van der Waals surface area contributed by atoms with Gasteiger partial charge in [-0.1, -0.05) is 15.9 Å². The Bertz CT molecular complexity index is 436. The molecule has 1 aliphatic heterocycles. The molecule has 1 saturated heterocycles. The summed E-state index contributed by atoms with van der Waals surface area (Å²) in [4.78, 5) is 2.49. The van der Waals surface area contributed by atoms with Gasteiger partial charge in [-0.05, 0) is 57.0 Å². The number of halogens is 1. The molecule has 0 saturated carbocycles. The van der Waals surface area contributed by atoms with Crippen LogP contribution in [0.15, 0.2) is 22.7 Å². The molecular weight excluding hydrogens is 304 g/mol. The monoisotopic (exact) mass is 326 g/mol. The summed E-state index contributed by atoms with van der Waals surface area (Å²) in [5.41, 5.74) is 7.63. The van der Waals surface area contributed by atoms with Gasteiger partial charge >= 0.3 is 0 Å². The van der Waals surface area contributed by atoms with Crippen LogP contribution < -0.4 is 10.5 Å². The van der Waals surface area contributed by atoms with E-state index in [9.17, 15) is 0 Å². The Morgan fingerprint density at radius 2 is 2.16 bits per heavy atom. The fourth-order valence-electron chi connectivity index (χ4n) is 2.92. The summed E-state index contributed by atoms with van der Waals surface area (Å²) in [6.07, 6.45) is 2.26. The predicted octanol–water partition coefficient (Wildman–Crippen LogP) is 3.33. The van der Waals surface area contributed by atoms with E-state index in [0.717, 1.165) is 23.2 Å². The standard InChI is InChI=1S/C15H23BrN2O/c1-10(2)18-8-4-5-14(17)15(18)12-9-11(19-3)6-7-13(12)16/h6-7,9-10,14-15H,4-5,8,17H2,1-3H3. The highest BCUT2D eigenvalue weighted by Crippen LogP contribution is 2.37. The highest BCUT2D eigenvalue weighted by molar-refractivity contribution is 9.10. The molecular formula is C15H23BrN2O. The van der Waals surface area contributed by atoms with Crippen LogP contribution in [0.25, 0.3) is 0 Å². The van der Waals surface area contributed by atoms with Gasteiger partial charge in [-0.2, -0.15) is 0 Å². The number of hydrogen-bond donors (Lipinski definition) is 1. The van der Waals surface area contributed by atoms with E-state index in [0.29, 0.717) is 6.04 Å². The second kappa shape index (κ2) is 6.25. The molecule has 0 bridgehead atoms. The number of piperidine rings is 1. The highest BCUT2D eigenvalue weighted by Gasteiger charge is 2.33. The van der Waals surface area contributed by atoms with Crippen LogP contribution in [0.5, 0.6) is 5.75 Å². The summed E-state index contributed by atoms with van der Waals surface area (Å²) >= 11 is 3.66. The molecule has 1 aromatic carbocycles. The van der Waals surface area contributed by atoms with Gasteiger partial charge in [-0.3, -0.25) is 4.90 Å². The van der Waals surface area contributed by atoms with Crippen LogP contribution in [-0.4, -0.2) is 30.6 Å². The zero-order valence-electron chi connectivity index (χ0n) is 11.9. The van der Waals surface area contributed by atoms with Crippen molar-refractivity contribution in [2.75, 3.05) is 13.7 Å². The lowest BCUT2D eigenvalue weighted by atomic mass is 9.90. The minimum absolute atomic E-state index is 0.180. The molecule has 2 atom stereocenters. The second-order valence-corrected chi connectivity index (χ2v) is 6.32. The van der Waals surface area contributed by atoms with E-state index in [2.05, 4.69) is 40.7 Å². The summed E-state index contributed by atoms with van der Waals surface area (Å²) in [5.74, 6) is 0.889. The number of nitrogens with two attached hydrogens (primary N) is 1. The number of methoxy groups -OCH3 is 1. The Hall–Kier alpha value is -0.580. The highest BCUT2D eigenvalue weighted by atomic mass is 79.9. The van der Waals surface area contributed by atoms with Crippen LogP contribution in [-0.2, 0) is 0 Å². The second-order valence-electron chi connectivity index (χ2n) is 5.47. The van der Waals surface area contributed by atoms with Gasteiger partial charge in [0.15, 0.2) is 0 Å². The minimum Gasteiger partial charge on any atom is -0.497 e. The van der Waals surface area contributed by atoms with E-state index in [-0.39, 0.29) is 12.1 Å². The molecule has 0 spiro atoms. The lowest BCUT2D eigenvalue weighted by Crippen LogP contribution is -2.48. The van der Waals surface area contributed by atoms with Crippen molar-refractivity contribution in [3.63, 3.8) is 0 Å². The molecule has 3 nitrogen and oxygen atoms in total. The summed E-state index contributed by atoms with van der Waals surface area (Å²) in [5, 5.41) is 0. The molecule has 4 heteroatoms. The molecule has 0 aliphatic carbocycles. The first-order valence-electron chi connectivity index (χ1n) is 6.89. The lowest BCUT2D eigenvalue weighted by molar-refractivity contribution is 0.0941. The third kappa shape index (κ3) is 3.12. The SMILES string of the molecule is COc1ccc(Br)c(C2C(N)CCCN2C(C)C)c1. The first-order valence-corrected chi connectivity index (χ1v) is 7.68. The summed E-state index contributed by atoms with van der Waals surface area (Å²) in [7, 11) is 1.70. The fourth-order valence-corrected chi connectivity index (χ4v) is 3.40. The molecule has 2 N–H and O–H groups in total. The van der Waals surface area contributed by atoms with Gasteiger partial charge in [0.1, 0.15) is 5.75 Å². The van der Waals surface area contributed by atoms with E-state index in [1.165, 1.54) is 12.0 Å². The molecule has 2 unspecified atom stereocenters. The quantitative estimate of drug-likeness (QED) is 0.925. The average molecular weight is 327 g/mol. The molecule has 0 radical (unpaired) electrons. The van der Waals surface area contributed by atoms with Crippen LogP contribution in [0.2, 0.25) is 0 Å². The third-order valence-corrected chi connectivity index (χ3v) is 4.62. The number of hydrogen-bond acceptors (Lipinski definition) is 3. The molecule has 0 amide bonds. The minimum atomic E-state index is 0.180. The molecule has 2 rings (SSSR count). The zero-order chi connectivity index (χ0) is 14.0. The van der Waals surface area contributed by atoms with Gasteiger partial charge in [0.05, 0.1) is 13.2 Å². The van der Waals surface area contributed by atoms with E-state index in [1.807, 2.05) is 12.1 Å². The summed E-state index contributed by atoms with van der Waals surface area (Å²) in [6.45, 7) is 5.58. The van der Waals surface area contributed by atoms with Crippen LogP contribution in [0.4, 0.5) is 0 Å². The maximum atomic E-state index is 6.40. The van der Waals surface area contributed by atoms with Crippen molar-refractivity contribution in [2.24, 2.45) is 5.73 Å². The van der Waals surface area contributed by atoms with E-state index in [1.54, 1.807) is 7.11 Å². The summed E-state index contributed by atoms with van der Waals surface area (Å²) < 4.78 is 6.46. The van der Waals surface area contributed by atoms with Gasteiger partial charge in [0.2, 0.25) is 0 Å². The normalized spacial score (nSPS) is 24.7. The average Bonchev–Trinajstić information content (AvgIpc) is 2.39. The van der Waals surface area contributed by atoms with Gasteiger partial charge in [-0.15, -0.1) is 0 Å². The Morgan fingerprint density at radius 1 is 1.42 bits per heavy atom. The van der Waals surface area contributed by atoms with Crippen LogP contribution >= 0.6 is 15.9 Å². The number of benzene rings is 1. The maximum absolute atomic E-state index is 6.40. The molecule has 1 aromatic rings. The first kappa shape index (κ1) is 14.8. The largest absolute Gasteiger partial charge is 0.497 e. The Morgan fingerprint density at radius 3 is 2.79 bits per heavy atom. The fraction of sp³-hybridized carbons (Fsp3) is 0.600. The van der Waals surface area contributed by atoms with Gasteiger partial charge in [0, 0.05) is 16.6 Å². The zero-order valence-corrected chi connectivity index (χ0v) is 13.5. The topological polar surface area (TPSA) is 38.5 Å². The molecule has 1 heterocycles. The van der Waals surface area contributed by atoms with E-state index >= 15 is 0 Å². The van der Waals surface area contributed by atoms with Crippen molar-refractivity contribution in [2.45, 2.75) is 44.8 Å². The van der Waals surface area contributed by atoms with Crippen molar-refractivity contribution < 1.29 is 4.74 Å². The smallest absolute Gasteiger partial charge is 0.119 e. The number of ether oxygens (including phenoxy) is 1. The summed E-state index contributed by atoms with van der Waals surface area (Å²) in [6, 6.07) is 7.07. The number of nitrogens with zero attached hydrogens (tertiary/aromatic N) is 1. The number of rotatable bonds is 3.